The molecule has 0 aromatic heterocycles. The van der Waals surface area contributed by atoms with Crippen LogP contribution < -0.4 is 25.2 Å². The highest BCUT2D eigenvalue weighted by molar-refractivity contribution is 5.92. The zero-order valence-electron chi connectivity index (χ0n) is 16.3. The summed E-state index contributed by atoms with van der Waals surface area (Å²) in [5, 5.41) is 5.63. The molecule has 3 N–H and O–H groups in total. The van der Waals surface area contributed by atoms with Gasteiger partial charge in [-0.05, 0) is 36.4 Å². The van der Waals surface area contributed by atoms with Gasteiger partial charge in [0.2, 0.25) is 5.91 Å². The van der Waals surface area contributed by atoms with Crippen molar-refractivity contribution in [2.45, 2.75) is 6.92 Å². The number of rotatable bonds is 6. The number of piperazine rings is 1. The second-order valence-electron chi connectivity index (χ2n) is 6.89. The predicted octanol–water partition coefficient (Wildman–Crippen LogP) is 0.997. The maximum atomic E-state index is 12.4. The van der Waals surface area contributed by atoms with Crippen molar-refractivity contribution in [3.63, 3.8) is 0 Å². The van der Waals surface area contributed by atoms with E-state index in [0.717, 1.165) is 43.3 Å². The molecule has 7 heteroatoms. The molecule has 1 aliphatic rings. The topological polar surface area (TPSA) is 75.1 Å². The van der Waals surface area contributed by atoms with Crippen LogP contribution in [0.4, 0.5) is 17.1 Å². The highest BCUT2D eigenvalue weighted by Gasteiger charge is 2.23. The molecule has 2 aromatic carbocycles. The van der Waals surface area contributed by atoms with Crippen LogP contribution in [0, 0.1) is 0 Å². The van der Waals surface area contributed by atoms with Gasteiger partial charge in [0, 0.05) is 18.3 Å². The van der Waals surface area contributed by atoms with Gasteiger partial charge in [0.05, 0.1) is 39.0 Å². The molecule has 2 aromatic rings. The summed E-state index contributed by atoms with van der Waals surface area (Å²) in [6.45, 7) is 5.46. The largest absolute Gasteiger partial charge is 0.495 e. The third-order valence-corrected chi connectivity index (χ3v) is 4.80. The Hall–Kier alpha value is -3.06. The number of benzene rings is 2. The molecule has 148 valence electrons. The van der Waals surface area contributed by atoms with E-state index in [1.54, 1.807) is 31.4 Å². The van der Waals surface area contributed by atoms with Crippen molar-refractivity contribution < 1.29 is 19.2 Å². The van der Waals surface area contributed by atoms with E-state index in [9.17, 15) is 9.59 Å². The summed E-state index contributed by atoms with van der Waals surface area (Å²) < 4.78 is 5.45. The molecule has 7 nitrogen and oxygen atoms in total. The second kappa shape index (κ2) is 9.23. The van der Waals surface area contributed by atoms with E-state index in [1.165, 1.54) is 11.8 Å². The van der Waals surface area contributed by atoms with Crippen LogP contribution in [0.1, 0.15) is 6.92 Å². The average Bonchev–Trinajstić information content (AvgIpc) is 2.69. The van der Waals surface area contributed by atoms with Crippen LogP contribution in [-0.2, 0) is 9.59 Å². The molecule has 1 saturated heterocycles. The lowest BCUT2D eigenvalue weighted by molar-refractivity contribution is -0.892. The third-order valence-electron chi connectivity index (χ3n) is 4.80. The maximum Gasteiger partial charge on any atom is 0.279 e. The Kier molecular flexibility index (Phi) is 6.49. The van der Waals surface area contributed by atoms with E-state index in [0.29, 0.717) is 12.2 Å². The van der Waals surface area contributed by atoms with Gasteiger partial charge in [-0.25, -0.2) is 0 Å². The summed E-state index contributed by atoms with van der Waals surface area (Å²) >= 11 is 0. The molecule has 1 fully saturated rings. The fourth-order valence-corrected chi connectivity index (χ4v) is 3.40. The Bertz CT molecular complexity index is 815. The minimum Gasteiger partial charge on any atom is -0.495 e. The Morgan fingerprint density at radius 1 is 1.00 bits per heavy atom. The number of carbonyl (C=O) groups is 2. The zero-order chi connectivity index (χ0) is 19.9. The number of amides is 2. The van der Waals surface area contributed by atoms with Crippen molar-refractivity contribution >= 4 is 28.9 Å². The lowest BCUT2D eigenvalue weighted by Gasteiger charge is -2.34. The smallest absolute Gasteiger partial charge is 0.279 e. The molecular weight excluding hydrogens is 356 g/mol. The number of hydrogen-bond donors (Lipinski definition) is 3. The van der Waals surface area contributed by atoms with Crippen molar-refractivity contribution in [3.8, 4) is 5.75 Å². The van der Waals surface area contributed by atoms with Gasteiger partial charge in [-0.2, -0.15) is 0 Å². The Morgan fingerprint density at radius 3 is 2.21 bits per heavy atom. The highest BCUT2D eigenvalue weighted by atomic mass is 16.5. The number of methoxy groups -OCH3 is 1. The van der Waals surface area contributed by atoms with Crippen molar-refractivity contribution in [2.75, 3.05) is 55.4 Å². The summed E-state index contributed by atoms with van der Waals surface area (Å²) in [6.07, 6.45) is 0. The van der Waals surface area contributed by atoms with E-state index < -0.39 is 0 Å². The number of ether oxygens (including phenoxy) is 1. The number of para-hydroxylation sites is 2. The molecular formula is C21H27N4O3+. The summed E-state index contributed by atoms with van der Waals surface area (Å²) in [5.74, 6) is 0.757. The van der Waals surface area contributed by atoms with Gasteiger partial charge in [-0.3, -0.25) is 9.59 Å². The van der Waals surface area contributed by atoms with Gasteiger partial charge in [0.15, 0.2) is 6.54 Å². The lowest BCUT2D eigenvalue weighted by atomic mass is 10.2. The SMILES string of the molecule is COc1ccccc1N1CC[NH+](CC(=O)Nc2ccc(NC(C)=O)cc2)CC1. The molecule has 0 aliphatic carbocycles. The molecule has 3 rings (SSSR count). The van der Waals surface area contributed by atoms with Gasteiger partial charge in [0.1, 0.15) is 5.75 Å². The molecule has 0 spiro atoms. The second-order valence-corrected chi connectivity index (χ2v) is 6.89. The monoisotopic (exact) mass is 383 g/mol. The molecule has 0 radical (unpaired) electrons. The number of carbonyl (C=O) groups excluding carboxylic acids is 2. The van der Waals surface area contributed by atoms with Crippen LogP contribution in [0.15, 0.2) is 48.5 Å². The van der Waals surface area contributed by atoms with Crippen molar-refractivity contribution in [3.05, 3.63) is 48.5 Å². The first-order valence-corrected chi connectivity index (χ1v) is 9.44. The number of nitrogens with one attached hydrogen (secondary N) is 3. The minimum atomic E-state index is -0.118. The molecule has 0 unspecified atom stereocenters. The number of hydrogen-bond acceptors (Lipinski definition) is 4. The summed E-state index contributed by atoms with van der Waals surface area (Å²) in [5.41, 5.74) is 2.54. The molecule has 1 heterocycles. The molecule has 0 bridgehead atoms. The van der Waals surface area contributed by atoms with Crippen LogP contribution in [0.3, 0.4) is 0 Å². The third kappa shape index (κ3) is 5.23. The van der Waals surface area contributed by atoms with E-state index in [4.69, 9.17) is 4.74 Å². The number of nitrogens with zero attached hydrogens (tertiary/aromatic N) is 1. The summed E-state index contributed by atoms with van der Waals surface area (Å²) in [7, 11) is 1.69. The lowest BCUT2D eigenvalue weighted by Crippen LogP contribution is -3.15. The summed E-state index contributed by atoms with van der Waals surface area (Å²) in [4.78, 5) is 27.0. The van der Waals surface area contributed by atoms with Crippen LogP contribution >= 0.6 is 0 Å². The van der Waals surface area contributed by atoms with Crippen LogP contribution in [0.2, 0.25) is 0 Å². The highest BCUT2D eigenvalue weighted by Crippen LogP contribution is 2.27. The van der Waals surface area contributed by atoms with Crippen LogP contribution in [0.25, 0.3) is 0 Å². The molecule has 28 heavy (non-hydrogen) atoms. The fraction of sp³-hybridized carbons (Fsp3) is 0.333. The molecule has 0 atom stereocenters. The van der Waals surface area contributed by atoms with Crippen molar-refractivity contribution in [1.82, 2.24) is 0 Å². The van der Waals surface area contributed by atoms with E-state index in [2.05, 4.69) is 21.6 Å². The summed E-state index contributed by atoms with van der Waals surface area (Å²) in [6, 6.07) is 15.2. The van der Waals surface area contributed by atoms with Crippen LogP contribution in [0.5, 0.6) is 5.75 Å². The Morgan fingerprint density at radius 2 is 1.61 bits per heavy atom. The van der Waals surface area contributed by atoms with Crippen molar-refractivity contribution in [2.24, 2.45) is 0 Å². The van der Waals surface area contributed by atoms with Gasteiger partial charge in [-0.1, -0.05) is 12.1 Å². The first-order valence-electron chi connectivity index (χ1n) is 9.44. The first kappa shape index (κ1) is 19.7. The number of anilines is 3. The average molecular weight is 383 g/mol. The Labute approximate surface area is 165 Å². The van der Waals surface area contributed by atoms with Gasteiger partial charge in [-0.15, -0.1) is 0 Å². The zero-order valence-corrected chi connectivity index (χ0v) is 16.3. The van der Waals surface area contributed by atoms with Gasteiger partial charge in [0.25, 0.3) is 5.91 Å². The standard InChI is InChI=1S/C21H26N4O3/c1-16(26)22-17-7-9-18(10-8-17)23-21(27)15-24-11-13-25(14-12-24)19-5-3-4-6-20(19)28-2/h3-10H,11-15H2,1-2H3,(H,22,26)(H,23,27)/p+1. The molecule has 0 saturated carbocycles. The normalized spacial score (nSPS) is 14.4. The Balaban J connectivity index is 1.48. The van der Waals surface area contributed by atoms with E-state index in [1.807, 2.05) is 18.2 Å². The quantitative estimate of drug-likeness (QED) is 0.696. The van der Waals surface area contributed by atoms with E-state index >= 15 is 0 Å². The van der Waals surface area contributed by atoms with Gasteiger partial charge < -0.3 is 25.2 Å². The minimum absolute atomic E-state index is 0.00646. The van der Waals surface area contributed by atoms with Gasteiger partial charge >= 0.3 is 0 Å². The van der Waals surface area contributed by atoms with E-state index in [-0.39, 0.29) is 11.8 Å². The number of quaternary nitrogens is 1. The van der Waals surface area contributed by atoms with Crippen molar-refractivity contribution in [1.29, 1.82) is 0 Å². The maximum absolute atomic E-state index is 12.4. The molecule has 1 aliphatic heterocycles. The fourth-order valence-electron chi connectivity index (χ4n) is 3.40. The molecule has 2 amide bonds. The predicted molar refractivity (Wildman–Crippen MR) is 110 cm³/mol. The first-order chi connectivity index (χ1) is 13.5. The van der Waals surface area contributed by atoms with Crippen LogP contribution in [-0.4, -0.2) is 51.6 Å².